The molecule has 126 valence electrons. The Balaban J connectivity index is 3.03. The first-order chi connectivity index (χ1) is 10.5. The van der Waals surface area contributed by atoms with Gasteiger partial charge in [0, 0.05) is 26.2 Å². The van der Waals surface area contributed by atoms with Crippen molar-refractivity contribution in [2.45, 2.75) is 66.3 Å². The molecule has 1 atom stereocenters. The minimum atomic E-state index is -0.215. The number of hydrogen-bond donors (Lipinski definition) is 0. The van der Waals surface area contributed by atoms with Gasteiger partial charge in [0.15, 0.2) is 6.29 Å². The van der Waals surface area contributed by atoms with Crippen LogP contribution in [0.1, 0.15) is 69.8 Å². The van der Waals surface area contributed by atoms with Crippen molar-refractivity contribution in [2.24, 2.45) is 0 Å². The Morgan fingerprint density at radius 2 is 1.45 bits per heavy atom. The minimum absolute atomic E-state index is 0.00565. The zero-order chi connectivity index (χ0) is 16.5. The Morgan fingerprint density at radius 1 is 0.864 bits per heavy atom. The second-order valence-corrected chi connectivity index (χ2v) is 5.81. The summed E-state index contributed by atoms with van der Waals surface area (Å²) >= 11 is 0. The largest absolute Gasteiger partial charge is 0.374 e. The van der Waals surface area contributed by atoms with Crippen molar-refractivity contribution in [3.8, 4) is 0 Å². The summed E-state index contributed by atoms with van der Waals surface area (Å²) in [4.78, 5) is 0. The van der Waals surface area contributed by atoms with Crippen LogP contribution in [0.4, 0.5) is 0 Å². The smallest absolute Gasteiger partial charge is 0.160 e. The van der Waals surface area contributed by atoms with E-state index in [4.69, 9.17) is 14.2 Å². The lowest BCUT2D eigenvalue weighted by molar-refractivity contribution is -0.158. The van der Waals surface area contributed by atoms with Crippen LogP contribution in [0.25, 0.3) is 0 Å². The zero-order valence-electron chi connectivity index (χ0n) is 15.0. The van der Waals surface area contributed by atoms with Crippen molar-refractivity contribution in [2.75, 3.05) is 19.8 Å². The third-order valence-corrected chi connectivity index (χ3v) is 3.69. The molecule has 0 saturated carbocycles. The maximum absolute atomic E-state index is 6.02. The van der Waals surface area contributed by atoms with Gasteiger partial charge in [-0.25, -0.2) is 0 Å². The Morgan fingerprint density at radius 3 is 1.95 bits per heavy atom. The topological polar surface area (TPSA) is 27.7 Å². The van der Waals surface area contributed by atoms with Gasteiger partial charge in [-0.1, -0.05) is 37.6 Å². The molecule has 0 fully saturated rings. The Bertz CT molecular complexity index is 423. The lowest BCUT2D eigenvalue weighted by atomic mass is 9.91. The van der Waals surface area contributed by atoms with E-state index >= 15 is 0 Å². The summed E-state index contributed by atoms with van der Waals surface area (Å²) < 4.78 is 17.4. The van der Waals surface area contributed by atoms with Gasteiger partial charge in [-0.05, 0) is 44.7 Å². The first kappa shape index (κ1) is 19.1. The van der Waals surface area contributed by atoms with Gasteiger partial charge in [-0.2, -0.15) is 0 Å². The molecule has 1 aromatic carbocycles. The Hall–Kier alpha value is -0.900. The van der Waals surface area contributed by atoms with Crippen LogP contribution in [0.3, 0.4) is 0 Å². The highest BCUT2D eigenvalue weighted by molar-refractivity contribution is 5.35. The average molecular weight is 308 g/mol. The minimum Gasteiger partial charge on any atom is -0.374 e. The van der Waals surface area contributed by atoms with Crippen molar-refractivity contribution in [3.63, 3.8) is 0 Å². The quantitative estimate of drug-likeness (QED) is 0.570. The zero-order valence-corrected chi connectivity index (χ0v) is 15.0. The molecule has 0 heterocycles. The van der Waals surface area contributed by atoms with Crippen LogP contribution in [0, 0.1) is 6.92 Å². The van der Waals surface area contributed by atoms with E-state index in [2.05, 4.69) is 39.0 Å². The standard InChI is InChI=1S/C19H32O3/c1-7-20-18(13-19(21-8-2)22-9-3)16-11-10-15(6)12-17(16)14(4)5/h10-12,14,18-19H,7-9,13H2,1-6H3. The molecule has 0 radical (unpaired) electrons. The van der Waals surface area contributed by atoms with E-state index in [9.17, 15) is 0 Å². The second-order valence-electron chi connectivity index (χ2n) is 5.81. The number of rotatable bonds is 10. The van der Waals surface area contributed by atoms with Gasteiger partial charge >= 0.3 is 0 Å². The van der Waals surface area contributed by atoms with Gasteiger partial charge in [0.25, 0.3) is 0 Å². The summed E-state index contributed by atoms with van der Waals surface area (Å²) in [6, 6.07) is 6.62. The molecule has 0 aromatic heterocycles. The Labute approximate surface area is 136 Å². The van der Waals surface area contributed by atoms with E-state index in [1.807, 2.05) is 20.8 Å². The van der Waals surface area contributed by atoms with E-state index in [1.165, 1.54) is 16.7 Å². The normalized spacial score (nSPS) is 13.1. The summed E-state index contributed by atoms with van der Waals surface area (Å²) in [5.74, 6) is 0.468. The second kappa shape index (κ2) is 9.98. The fourth-order valence-electron chi connectivity index (χ4n) is 2.70. The number of hydrogen-bond acceptors (Lipinski definition) is 3. The van der Waals surface area contributed by atoms with E-state index in [0.29, 0.717) is 25.7 Å². The van der Waals surface area contributed by atoms with Crippen molar-refractivity contribution in [1.82, 2.24) is 0 Å². The molecular formula is C19H32O3. The highest BCUT2D eigenvalue weighted by Gasteiger charge is 2.22. The first-order valence-electron chi connectivity index (χ1n) is 8.48. The van der Waals surface area contributed by atoms with Gasteiger partial charge < -0.3 is 14.2 Å². The lowest BCUT2D eigenvalue weighted by Crippen LogP contribution is -2.22. The van der Waals surface area contributed by atoms with Crippen molar-refractivity contribution in [1.29, 1.82) is 0 Å². The van der Waals surface area contributed by atoms with Crippen LogP contribution >= 0.6 is 0 Å². The van der Waals surface area contributed by atoms with Crippen LogP contribution in [0.2, 0.25) is 0 Å². The van der Waals surface area contributed by atoms with Crippen LogP contribution in [-0.4, -0.2) is 26.1 Å². The highest BCUT2D eigenvalue weighted by Crippen LogP contribution is 2.32. The van der Waals surface area contributed by atoms with Crippen molar-refractivity contribution >= 4 is 0 Å². The third-order valence-electron chi connectivity index (χ3n) is 3.69. The van der Waals surface area contributed by atoms with Crippen LogP contribution in [0.5, 0.6) is 0 Å². The number of benzene rings is 1. The van der Waals surface area contributed by atoms with Gasteiger partial charge in [-0.3, -0.25) is 0 Å². The number of aryl methyl sites for hydroxylation is 1. The molecular weight excluding hydrogens is 276 g/mol. The van der Waals surface area contributed by atoms with Gasteiger partial charge in [-0.15, -0.1) is 0 Å². The molecule has 0 spiro atoms. The van der Waals surface area contributed by atoms with Gasteiger partial charge in [0.2, 0.25) is 0 Å². The first-order valence-corrected chi connectivity index (χ1v) is 8.48. The molecule has 0 N–H and O–H groups in total. The van der Waals surface area contributed by atoms with E-state index in [0.717, 1.165) is 6.42 Å². The summed E-state index contributed by atoms with van der Waals surface area (Å²) in [6.07, 6.45) is 0.511. The molecule has 22 heavy (non-hydrogen) atoms. The third kappa shape index (κ3) is 5.71. The van der Waals surface area contributed by atoms with Crippen LogP contribution in [-0.2, 0) is 14.2 Å². The maximum atomic E-state index is 6.02. The highest BCUT2D eigenvalue weighted by atomic mass is 16.7. The average Bonchev–Trinajstić information content (AvgIpc) is 2.47. The summed E-state index contributed by atoms with van der Waals surface area (Å²) in [5, 5.41) is 0. The molecule has 1 unspecified atom stereocenters. The summed E-state index contributed by atoms with van der Waals surface area (Å²) in [5.41, 5.74) is 3.89. The molecule has 1 aromatic rings. The maximum Gasteiger partial charge on any atom is 0.160 e. The summed E-state index contributed by atoms with van der Waals surface area (Å²) in [7, 11) is 0. The molecule has 0 amide bonds. The Kier molecular flexibility index (Phi) is 8.69. The monoisotopic (exact) mass is 308 g/mol. The van der Waals surface area contributed by atoms with Crippen LogP contribution < -0.4 is 0 Å². The molecule has 3 heteroatoms. The summed E-state index contributed by atoms with van der Waals surface area (Å²) in [6.45, 7) is 14.6. The van der Waals surface area contributed by atoms with Gasteiger partial charge in [0.05, 0.1) is 6.10 Å². The fourth-order valence-corrected chi connectivity index (χ4v) is 2.70. The van der Waals surface area contributed by atoms with Crippen molar-refractivity contribution in [3.05, 3.63) is 34.9 Å². The molecule has 0 aliphatic carbocycles. The molecule has 0 aliphatic rings. The molecule has 0 aliphatic heterocycles. The van der Waals surface area contributed by atoms with Gasteiger partial charge in [0.1, 0.15) is 0 Å². The number of ether oxygens (including phenoxy) is 3. The van der Waals surface area contributed by atoms with E-state index < -0.39 is 0 Å². The fraction of sp³-hybridized carbons (Fsp3) is 0.684. The molecule has 1 rings (SSSR count). The molecule has 0 saturated heterocycles. The van der Waals surface area contributed by atoms with Crippen molar-refractivity contribution < 1.29 is 14.2 Å². The van der Waals surface area contributed by atoms with E-state index in [1.54, 1.807) is 0 Å². The molecule has 3 nitrogen and oxygen atoms in total. The SMILES string of the molecule is CCOC(CC(OCC)c1ccc(C)cc1C(C)C)OCC. The lowest BCUT2D eigenvalue weighted by Gasteiger charge is -2.26. The van der Waals surface area contributed by atoms with Crippen LogP contribution in [0.15, 0.2) is 18.2 Å². The molecule has 0 bridgehead atoms. The predicted molar refractivity (Wildman–Crippen MR) is 91.3 cm³/mol. The van der Waals surface area contributed by atoms with E-state index in [-0.39, 0.29) is 12.4 Å². The predicted octanol–water partition coefficient (Wildman–Crippen LogP) is 4.99.